The summed E-state index contributed by atoms with van der Waals surface area (Å²) in [6.07, 6.45) is 0. The second-order valence-corrected chi connectivity index (χ2v) is 5.50. The van der Waals surface area contributed by atoms with Gasteiger partial charge in [0, 0.05) is 20.8 Å². The summed E-state index contributed by atoms with van der Waals surface area (Å²) in [4.78, 5) is 33.8. The summed E-state index contributed by atoms with van der Waals surface area (Å²) in [5.41, 5.74) is -0.188. The zero-order chi connectivity index (χ0) is 18.0. The number of esters is 2. The van der Waals surface area contributed by atoms with Crippen LogP contribution < -0.4 is 5.32 Å². The smallest absolute Gasteiger partial charge is 0.302 e. The van der Waals surface area contributed by atoms with Crippen LogP contribution in [-0.2, 0) is 35.2 Å². The van der Waals surface area contributed by atoms with Gasteiger partial charge in [0.15, 0.2) is 0 Å². The Labute approximate surface area is 141 Å². The summed E-state index contributed by atoms with van der Waals surface area (Å²) in [6, 6.07) is 9.47. The fourth-order valence-electron chi connectivity index (χ4n) is 2.02. The van der Waals surface area contributed by atoms with E-state index in [0.29, 0.717) is 6.61 Å². The highest BCUT2D eigenvalue weighted by Gasteiger charge is 2.35. The fraction of sp³-hybridized carbons (Fsp3) is 0.471. The molecule has 24 heavy (non-hydrogen) atoms. The van der Waals surface area contributed by atoms with Gasteiger partial charge in [0.05, 0.1) is 13.2 Å². The Bertz CT molecular complexity index is 539. The first-order valence-electron chi connectivity index (χ1n) is 7.50. The van der Waals surface area contributed by atoms with Crippen LogP contribution in [0.4, 0.5) is 0 Å². The second kappa shape index (κ2) is 9.67. The largest absolute Gasteiger partial charge is 0.463 e. The normalized spacial score (nSPS) is 10.8. The molecule has 7 heteroatoms. The molecule has 7 nitrogen and oxygen atoms in total. The van der Waals surface area contributed by atoms with Crippen molar-refractivity contribution in [2.75, 3.05) is 19.8 Å². The van der Waals surface area contributed by atoms with Crippen molar-refractivity contribution < 1.29 is 28.6 Å². The Morgan fingerprint density at radius 1 is 0.917 bits per heavy atom. The van der Waals surface area contributed by atoms with E-state index < -0.39 is 17.5 Å². The molecule has 0 heterocycles. The van der Waals surface area contributed by atoms with Gasteiger partial charge in [0.25, 0.3) is 0 Å². The topological polar surface area (TPSA) is 90.9 Å². The standard InChI is InChI=1S/C17H23NO6/c1-13(19)18-17(11-23-14(2)20,12-24-15(3)21)10-22-9-16-7-5-4-6-8-16/h4-8H,9-12H2,1-3H3,(H,18,19). The predicted molar refractivity (Wildman–Crippen MR) is 85.9 cm³/mol. The molecule has 0 spiro atoms. The van der Waals surface area contributed by atoms with Crippen LogP contribution in [0.5, 0.6) is 0 Å². The van der Waals surface area contributed by atoms with E-state index in [4.69, 9.17) is 14.2 Å². The van der Waals surface area contributed by atoms with E-state index in [1.807, 2.05) is 30.3 Å². The average Bonchev–Trinajstić information content (AvgIpc) is 2.51. The van der Waals surface area contributed by atoms with Gasteiger partial charge in [-0.05, 0) is 5.56 Å². The average molecular weight is 337 g/mol. The quantitative estimate of drug-likeness (QED) is 0.681. The molecule has 1 rings (SSSR count). The third-order valence-corrected chi connectivity index (χ3v) is 3.03. The van der Waals surface area contributed by atoms with Crippen molar-refractivity contribution in [1.29, 1.82) is 0 Å². The van der Waals surface area contributed by atoms with Gasteiger partial charge in [0.2, 0.25) is 5.91 Å². The van der Waals surface area contributed by atoms with Crippen molar-refractivity contribution in [3.05, 3.63) is 35.9 Å². The molecule has 0 fully saturated rings. The third-order valence-electron chi connectivity index (χ3n) is 3.03. The Hall–Kier alpha value is -2.41. The minimum Gasteiger partial charge on any atom is -0.463 e. The van der Waals surface area contributed by atoms with Gasteiger partial charge in [-0.1, -0.05) is 30.3 Å². The molecule has 1 aromatic carbocycles. The maximum atomic E-state index is 11.5. The van der Waals surface area contributed by atoms with E-state index in [1.54, 1.807) is 0 Å². The molecule has 1 aromatic rings. The van der Waals surface area contributed by atoms with E-state index in [0.717, 1.165) is 5.56 Å². The zero-order valence-corrected chi connectivity index (χ0v) is 14.2. The Morgan fingerprint density at radius 3 is 1.92 bits per heavy atom. The number of carbonyl (C=O) groups is 3. The molecule has 0 unspecified atom stereocenters. The summed E-state index contributed by atoms with van der Waals surface area (Å²) in [7, 11) is 0. The lowest BCUT2D eigenvalue weighted by atomic mass is 10.0. The number of nitrogens with one attached hydrogen (secondary N) is 1. The SMILES string of the molecule is CC(=O)NC(COCc1ccccc1)(COC(C)=O)COC(C)=O. The van der Waals surface area contributed by atoms with Crippen LogP contribution in [0.15, 0.2) is 30.3 Å². The fourth-order valence-corrected chi connectivity index (χ4v) is 2.02. The number of carbonyl (C=O) groups excluding carboxylic acids is 3. The van der Waals surface area contributed by atoms with Crippen LogP contribution in [0, 0.1) is 0 Å². The van der Waals surface area contributed by atoms with Crippen molar-refractivity contribution in [2.24, 2.45) is 0 Å². The number of benzene rings is 1. The molecule has 1 amide bonds. The molecule has 0 atom stereocenters. The van der Waals surface area contributed by atoms with E-state index in [1.165, 1.54) is 20.8 Å². The monoisotopic (exact) mass is 337 g/mol. The molecule has 0 radical (unpaired) electrons. The van der Waals surface area contributed by atoms with Crippen molar-refractivity contribution in [3.63, 3.8) is 0 Å². The van der Waals surface area contributed by atoms with Gasteiger partial charge in [-0.25, -0.2) is 0 Å². The highest BCUT2D eigenvalue weighted by atomic mass is 16.6. The molecule has 0 saturated heterocycles. The molecule has 132 valence electrons. The summed E-state index contributed by atoms with van der Waals surface area (Å²) >= 11 is 0. The van der Waals surface area contributed by atoms with Gasteiger partial charge in [-0.15, -0.1) is 0 Å². The highest BCUT2D eigenvalue weighted by molar-refractivity contribution is 5.74. The molecule has 0 saturated carbocycles. The molecular formula is C17H23NO6. The van der Waals surface area contributed by atoms with Crippen LogP contribution in [-0.4, -0.2) is 43.2 Å². The summed E-state index contributed by atoms with van der Waals surface area (Å²) < 4.78 is 15.7. The minimum absolute atomic E-state index is 0.0159. The maximum absolute atomic E-state index is 11.5. The predicted octanol–water partition coefficient (Wildman–Crippen LogP) is 1.20. The van der Waals surface area contributed by atoms with Crippen LogP contribution in [0.3, 0.4) is 0 Å². The first kappa shape index (κ1) is 19.6. The second-order valence-electron chi connectivity index (χ2n) is 5.50. The van der Waals surface area contributed by atoms with Gasteiger partial charge < -0.3 is 19.5 Å². The highest BCUT2D eigenvalue weighted by Crippen LogP contribution is 2.11. The Morgan fingerprint density at radius 2 is 1.46 bits per heavy atom. The van der Waals surface area contributed by atoms with Crippen molar-refractivity contribution >= 4 is 17.8 Å². The number of amides is 1. The molecule has 0 aliphatic rings. The molecule has 0 aliphatic heterocycles. The molecule has 0 aliphatic carbocycles. The first-order valence-corrected chi connectivity index (χ1v) is 7.50. The first-order chi connectivity index (χ1) is 11.3. The lowest BCUT2D eigenvalue weighted by Gasteiger charge is -2.32. The molecule has 1 N–H and O–H groups in total. The van der Waals surface area contributed by atoms with Gasteiger partial charge in [-0.3, -0.25) is 14.4 Å². The lowest BCUT2D eigenvalue weighted by Crippen LogP contribution is -2.58. The lowest BCUT2D eigenvalue weighted by molar-refractivity contribution is -0.153. The number of hydrogen-bond donors (Lipinski definition) is 1. The summed E-state index contributed by atoms with van der Waals surface area (Å²) in [5, 5.41) is 2.67. The van der Waals surface area contributed by atoms with Gasteiger partial charge in [-0.2, -0.15) is 0 Å². The summed E-state index contributed by atoms with van der Waals surface area (Å²) in [6.45, 7) is 3.84. The number of ether oxygens (including phenoxy) is 3. The van der Waals surface area contributed by atoms with E-state index >= 15 is 0 Å². The van der Waals surface area contributed by atoms with Gasteiger partial charge in [0.1, 0.15) is 18.8 Å². The van der Waals surface area contributed by atoms with Gasteiger partial charge >= 0.3 is 11.9 Å². The summed E-state index contributed by atoms with van der Waals surface area (Å²) in [5.74, 6) is -1.36. The molecule has 0 aromatic heterocycles. The number of hydrogen-bond acceptors (Lipinski definition) is 6. The van der Waals surface area contributed by atoms with E-state index in [9.17, 15) is 14.4 Å². The Kier molecular flexibility index (Phi) is 7.91. The van der Waals surface area contributed by atoms with Crippen molar-refractivity contribution in [3.8, 4) is 0 Å². The van der Waals surface area contributed by atoms with Crippen LogP contribution >= 0.6 is 0 Å². The third kappa shape index (κ3) is 7.73. The van der Waals surface area contributed by atoms with Crippen LogP contribution in [0.2, 0.25) is 0 Å². The molecule has 0 bridgehead atoms. The van der Waals surface area contributed by atoms with Crippen LogP contribution in [0.25, 0.3) is 0 Å². The van der Waals surface area contributed by atoms with Crippen LogP contribution in [0.1, 0.15) is 26.3 Å². The molecular weight excluding hydrogens is 314 g/mol. The maximum Gasteiger partial charge on any atom is 0.302 e. The Balaban J connectivity index is 2.79. The minimum atomic E-state index is -1.14. The van der Waals surface area contributed by atoms with Crippen molar-refractivity contribution in [2.45, 2.75) is 32.9 Å². The van der Waals surface area contributed by atoms with E-state index in [-0.39, 0.29) is 25.7 Å². The van der Waals surface area contributed by atoms with E-state index in [2.05, 4.69) is 5.32 Å². The van der Waals surface area contributed by atoms with Crippen molar-refractivity contribution in [1.82, 2.24) is 5.32 Å². The number of rotatable bonds is 9. The zero-order valence-electron chi connectivity index (χ0n) is 14.2.